The summed E-state index contributed by atoms with van der Waals surface area (Å²) in [7, 11) is 0. The molecule has 0 aromatic heterocycles. The van der Waals surface area contributed by atoms with E-state index in [9.17, 15) is 5.11 Å². The van der Waals surface area contributed by atoms with Crippen LogP contribution in [0.2, 0.25) is 0 Å². The number of phenols is 1. The van der Waals surface area contributed by atoms with Crippen molar-refractivity contribution in [2.45, 2.75) is 46.5 Å². The molecule has 1 heteroatoms. The van der Waals surface area contributed by atoms with Gasteiger partial charge in [0, 0.05) is 5.92 Å². The van der Waals surface area contributed by atoms with Gasteiger partial charge in [0.05, 0.1) is 0 Å². The molecule has 1 N–H and O–H groups in total. The van der Waals surface area contributed by atoms with Crippen LogP contribution < -0.4 is 0 Å². The molecule has 128 valence electrons. The Hall–Kier alpha value is -2.02. The molecule has 0 spiro atoms. The van der Waals surface area contributed by atoms with Gasteiger partial charge in [-0.1, -0.05) is 69.3 Å². The van der Waals surface area contributed by atoms with Crippen LogP contribution in [0, 0.1) is 11.8 Å². The fourth-order valence-electron chi connectivity index (χ4n) is 3.31. The van der Waals surface area contributed by atoms with Crippen molar-refractivity contribution in [3.8, 4) is 5.75 Å². The molecule has 0 bridgehead atoms. The molecule has 0 saturated heterocycles. The van der Waals surface area contributed by atoms with Gasteiger partial charge >= 0.3 is 0 Å². The molecule has 24 heavy (non-hydrogen) atoms. The average molecular weight is 322 g/mol. The van der Waals surface area contributed by atoms with Crippen molar-refractivity contribution in [2.75, 3.05) is 0 Å². The Morgan fingerprint density at radius 2 is 1.46 bits per heavy atom. The smallest absolute Gasteiger partial charge is 0.115 e. The molecule has 0 heterocycles. The van der Waals surface area contributed by atoms with Crippen LogP contribution in [-0.2, 0) is 6.42 Å². The maximum absolute atomic E-state index is 9.48. The van der Waals surface area contributed by atoms with Gasteiger partial charge in [-0.15, -0.1) is 0 Å². The van der Waals surface area contributed by atoms with Crippen molar-refractivity contribution >= 4 is 0 Å². The highest BCUT2D eigenvalue weighted by molar-refractivity contribution is 5.36. The summed E-state index contributed by atoms with van der Waals surface area (Å²) in [5, 5.41) is 9.48. The molecular formula is C23H30O. The van der Waals surface area contributed by atoms with Crippen LogP contribution in [0.3, 0.4) is 0 Å². The van der Waals surface area contributed by atoms with Crippen LogP contribution in [0.1, 0.15) is 56.7 Å². The molecule has 0 aliphatic heterocycles. The van der Waals surface area contributed by atoms with E-state index in [0.717, 1.165) is 12.8 Å². The first kappa shape index (κ1) is 18.3. The van der Waals surface area contributed by atoms with E-state index in [4.69, 9.17) is 0 Å². The summed E-state index contributed by atoms with van der Waals surface area (Å²) < 4.78 is 0. The summed E-state index contributed by atoms with van der Waals surface area (Å²) in [5.74, 6) is 1.97. The third-order valence-electron chi connectivity index (χ3n) is 5.04. The van der Waals surface area contributed by atoms with Crippen molar-refractivity contribution in [1.82, 2.24) is 0 Å². The Bertz CT molecular complexity index is 637. The number of allylic oxidation sites excluding steroid dienone is 2. The van der Waals surface area contributed by atoms with E-state index >= 15 is 0 Å². The van der Waals surface area contributed by atoms with E-state index in [-0.39, 0.29) is 0 Å². The summed E-state index contributed by atoms with van der Waals surface area (Å²) in [6.45, 7) is 8.92. The van der Waals surface area contributed by atoms with E-state index in [1.807, 2.05) is 12.1 Å². The Morgan fingerprint density at radius 1 is 0.917 bits per heavy atom. The summed E-state index contributed by atoms with van der Waals surface area (Å²) >= 11 is 0. The lowest BCUT2D eigenvalue weighted by atomic mass is 9.86. The fraction of sp³-hybridized carbons (Fsp3) is 0.391. The van der Waals surface area contributed by atoms with Gasteiger partial charge in [0.1, 0.15) is 5.75 Å². The minimum absolute atomic E-state index is 0.327. The minimum atomic E-state index is 0.327. The molecule has 3 unspecified atom stereocenters. The summed E-state index contributed by atoms with van der Waals surface area (Å²) in [6.07, 6.45) is 6.60. The van der Waals surface area contributed by atoms with Gasteiger partial charge in [0.2, 0.25) is 0 Å². The second kappa shape index (κ2) is 8.73. The van der Waals surface area contributed by atoms with E-state index in [1.54, 1.807) is 12.1 Å². The van der Waals surface area contributed by atoms with E-state index in [1.165, 1.54) is 16.7 Å². The third-order valence-corrected chi connectivity index (χ3v) is 5.04. The Kier molecular flexibility index (Phi) is 6.66. The molecule has 0 radical (unpaired) electrons. The average Bonchev–Trinajstić information content (AvgIpc) is 2.59. The summed E-state index contributed by atoms with van der Waals surface area (Å²) in [5.41, 5.74) is 4.02. The maximum Gasteiger partial charge on any atom is 0.115 e. The van der Waals surface area contributed by atoms with Crippen LogP contribution in [0.15, 0.2) is 60.7 Å². The van der Waals surface area contributed by atoms with Gasteiger partial charge in [-0.3, -0.25) is 0 Å². The molecule has 1 nitrogen and oxygen atoms in total. The first-order valence-electron chi connectivity index (χ1n) is 9.05. The fourth-order valence-corrected chi connectivity index (χ4v) is 3.31. The zero-order valence-electron chi connectivity index (χ0n) is 15.4. The molecule has 0 aliphatic carbocycles. The van der Waals surface area contributed by atoms with Crippen LogP contribution in [0.4, 0.5) is 0 Å². The van der Waals surface area contributed by atoms with Gasteiger partial charge in [-0.05, 0) is 60.4 Å². The van der Waals surface area contributed by atoms with E-state index < -0.39 is 0 Å². The van der Waals surface area contributed by atoms with Crippen molar-refractivity contribution in [1.29, 1.82) is 0 Å². The summed E-state index contributed by atoms with van der Waals surface area (Å²) in [6, 6.07) is 16.7. The molecule has 2 rings (SSSR count). The summed E-state index contributed by atoms with van der Waals surface area (Å²) in [4.78, 5) is 0. The van der Waals surface area contributed by atoms with Gasteiger partial charge in [-0.2, -0.15) is 0 Å². The third kappa shape index (κ3) is 4.74. The lowest BCUT2D eigenvalue weighted by Crippen LogP contribution is -2.09. The molecular weight excluding hydrogens is 292 g/mol. The Balaban J connectivity index is 2.11. The van der Waals surface area contributed by atoms with Crippen molar-refractivity contribution in [3.63, 3.8) is 0 Å². The van der Waals surface area contributed by atoms with Crippen LogP contribution in [0.25, 0.3) is 0 Å². The quantitative estimate of drug-likeness (QED) is 0.591. The standard InChI is InChI=1S/C23H30O/c1-5-7-17(3)18(4)16-19-8-10-20(11-9-19)23(6-2)21-12-14-22(24)15-13-21/h5,7-15,17-18,23-24H,6,16H2,1-4H3. The highest BCUT2D eigenvalue weighted by Crippen LogP contribution is 2.29. The van der Waals surface area contributed by atoms with Crippen molar-refractivity contribution in [2.24, 2.45) is 11.8 Å². The zero-order chi connectivity index (χ0) is 17.5. The number of benzene rings is 2. The number of hydrogen-bond donors (Lipinski definition) is 1. The van der Waals surface area contributed by atoms with Crippen LogP contribution in [0.5, 0.6) is 5.75 Å². The van der Waals surface area contributed by atoms with Crippen molar-refractivity contribution < 1.29 is 5.11 Å². The second-order valence-corrected chi connectivity index (χ2v) is 6.86. The molecule has 0 aliphatic rings. The first-order valence-corrected chi connectivity index (χ1v) is 9.05. The Labute approximate surface area is 147 Å². The Morgan fingerprint density at radius 3 is 1.96 bits per heavy atom. The molecule has 2 aromatic rings. The first-order chi connectivity index (χ1) is 11.5. The largest absolute Gasteiger partial charge is 0.508 e. The molecule has 0 saturated carbocycles. The van der Waals surface area contributed by atoms with Crippen LogP contribution in [-0.4, -0.2) is 5.11 Å². The lowest BCUT2D eigenvalue weighted by Gasteiger charge is -2.19. The molecule has 0 amide bonds. The number of phenolic OH excluding ortho intramolecular Hbond substituents is 1. The van der Waals surface area contributed by atoms with Gasteiger partial charge in [0.15, 0.2) is 0 Å². The molecule has 0 fully saturated rings. The highest BCUT2D eigenvalue weighted by atomic mass is 16.3. The normalized spacial score (nSPS) is 15.3. The number of aromatic hydroxyl groups is 1. The topological polar surface area (TPSA) is 20.2 Å². The van der Waals surface area contributed by atoms with Crippen LogP contribution >= 0.6 is 0 Å². The minimum Gasteiger partial charge on any atom is -0.508 e. The predicted octanol–water partition coefficient (Wildman–Crippen LogP) is 6.32. The molecule has 2 aromatic carbocycles. The molecule has 3 atom stereocenters. The highest BCUT2D eigenvalue weighted by Gasteiger charge is 2.13. The lowest BCUT2D eigenvalue weighted by molar-refractivity contribution is 0.457. The van der Waals surface area contributed by atoms with Gasteiger partial charge < -0.3 is 5.11 Å². The monoisotopic (exact) mass is 322 g/mol. The number of rotatable bonds is 7. The second-order valence-electron chi connectivity index (χ2n) is 6.86. The number of hydrogen-bond acceptors (Lipinski definition) is 1. The SMILES string of the molecule is CC=CC(C)C(C)Cc1ccc(C(CC)c2ccc(O)cc2)cc1. The maximum atomic E-state index is 9.48. The van der Waals surface area contributed by atoms with E-state index in [0.29, 0.717) is 23.5 Å². The van der Waals surface area contributed by atoms with E-state index in [2.05, 4.69) is 64.1 Å². The van der Waals surface area contributed by atoms with Crippen molar-refractivity contribution in [3.05, 3.63) is 77.4 Å². The van der Waals surface area contributed by atoms with Gasteiger partial charge in [-0.25, -0.2) is 0 Å². The van der Waals surface area contributed by atoms with Gasteiger partial charge in [0.25, 0.3) is 0 Å². The predicted molar refractivity (Wildman–Crippen MR) is 104 cm³/mol. The zero-order valence-corrected chi connectivity index (χ0v) is 15.4.